The molecular formula is C27H36ClN3O2. The standard InChI is InChI=1S/C27H36ClN3O2/c1-26(2,3)21-10-8-18(9-11-21)24(32)30-22-12-13-23(28)20(14-22)15-31(17-27(4,5)16-29)25(33)19-6-7-19/h8-14,19H,6-7,15-17,29H2,1-5H3,(H,30,32). The highest BCUT2D eigenvalue weighted by molar-refractivity contribution is 6.31. The van der Waals surface area contributed by atoms with Gasteiger partial charge in [0.2, 0.25) is 5.91 Å². The summed E-state index contributed by atoms with van der Waals surface area (Å²) < 4.78 is 0. The Morgan fingerprint density at radius 1 is 1.06 bits per heavy atom. The first-order valence-corrected chi connectivity index (χ1v) is 12.0. The summed E-state index contributed by atoms with van der Waals surface area (Å²) in [6.45, 7) is 12.0. The summed E-state index contributed by atoms with van der Waals surface area (Å²) in [5, 5.41) is 3.53. The number of nitrogens with zero attached hydrogens (tertiary/aromatic N) is 1. The zero-order valence-electron chi connectivity index (χ0n) is 20.4. The third kappa shape index (κ3) is 6.81. The third-order valence-corrected chi connectivity index (χ3v) is 6.46. The van der Waals surface area contributed by atoms with Crippen molar-refractivity contribution in [2.45, 2.75) is 59.4 Å². The lowest BCUT2D eigenvalue weighted by Crippen LogP contribution is -2.42. The molecule has 6 heteroatoms. The molecule has 0 spiro atoms. The second-order valence-corrected chi connectivity index (χ2v) is 11.3. The highest BCUT2D eigenvalue weighted by atomic mass is 35.5. The van der Waals surface area contributed by atoms with Crippen LogP contribution in [0, 0.1) is 11.3 Å². The molecule has 2 amide bonds. The lowest BCUT2D eigenvalue weighted by atomic mass is 9.87. The molecular weight excluding hydrogens is 434 g/mol. The first-order chi connectivity index (χ1) is 15.4. The molecule has 2 aromatic carbocycles. The van der Waals surface area contributed by atoms with Gasteiger partial charge < -0.3 is 16.0 Å². The fourth-order valence-electron chi connectivity index (χ4n) is 3.69. The minimum absolute atomic E-state index is 0.0301. The Kier molecular flexibility index (Phi) is 7.55. The van der Waals surface area contributed by atoms with Crippen molar-refractivity contribution >= 4 is 29.1 Å². The number of hydrogen-bond acceptors (Lipinski definition) is 3. The largest absolute Gasteiger partial charge is 0.337 e. The van der Waals surface area contributed by atoms with Crippen LogP contribution in [0.5, 0.6) is 0 Å². The van der Waals surface area contributed by atoms with Crippen LogP contribution in [-0.2, 0) is 16.8 Å². The Morgan fingerprint density at radius 2 is 1.70 bits per heavy atom. The van der Waals surface area contributed by atoms with E-state index in [-0.39, 0.29) is 28.6 Å². The zero-order chi connectivity index (χ0) is 24.4. The Balaban J connectivity index is 1.76. The Hall–Kier alpha value is -2.37. The van der Waals surface area contributed by atoms with Gasteiger partial charge in [0.05, 0.1) is 0 Å². The van der Waals surface area contributed by atoms with Crippen LogP contribution in [-0.4, -0.2) is 29.8 Å². The number of benzene rings is 2. The fraction of sp³-hybridized carbons (Fsp3) is 0.481. The summed E-state index contributed by atoms with van der Waals surface area (Å²) >= 11 is 6.48. The zero-order valence-corrected chi connectivity index (χ0v) is 21.1. The lowest BCUT2D eigenvalue weighted by Gasteiger charge is -2.32. The van der Waals surface area contributed by atoms with Crippen molar-refractivity contribution in [2.75, 3.05) is 18.4 Å². The molecule has 0 unspecified atom stereocenters. The van der Waals surface area contributed by atoms with Crippen LogP contribution in [0.25, 0.3) is 0 Å². The molecule has 0 heterocycles. The van der Waals surface area contributed by atoms with Gasteiger partial charge in [0.15, 0.2) is 0 Å². The molecule has 2 aromatic rings. The molecule has 0 bridgehead atoms. The van der Waals surface area contributed by atoms with Crippen LogP contribution in [0.4, 0.5) is 5.69 Å². The van der Waals surface area contributed by atoms with E-state index >= 15 is 0 Å². The summed E-state index contributed by atoms with van der Waals surface area (Å²) in [5.74, 6) is 0.0798. The van der Waals surface area contributed by atoms with E-state index in [0.717, 1.165) is 18.4 Å². The summed E-state index contributed by atoms with van der Waals surface area (Å²) in [5.41, 5.74) is 8.98. The fourth-order valence-corrected chi connectivity index (χ4v) is 3.86. The van der Waals surface area contributed by atoms with Gasteiger partial charge in [0.1, 0.15) is 0 Å². The van der Waals surface area contributed by atoms with Crippen molar-refractivity contribution in [3.8, 4) is 0 Å². The number of carbonyl (C=O) groups is 2. The number of hydrogen-bond donors (Lipinski definition) is 2. The van der Waals surface area contributed by atoms with Gasteiger partial charge in [-0.25, -0.2) is 0 Å². The minimum atomic E-state index is -0.192. The normalized spacial score (nSPS) is 14.2. The average molecular weight is 470 g/mol. The van der Waals surface area contributed by atoms with Gasteiger partial charge in [0.25, 0.3) is 5.91 Å². The maximum Gasteiger partial charge on any atom is 0.255 e. The van der Waals surface area contributed by atoms with Crippen molar-refractivity contribution in [1.29, 1.82) is 0 Å². The van der Waals surface area contributed by atoms with Crippen molar-refractivity contribution in [3.63, 3.8) is 0 Å². The van der Waals surface area contributed by atoms with E-state index in [1.165, 1.54) is 5.56 Å². The van der Waals surface area contributed by atoms with Crippen molar-refractivity contribution < 1.29 is 9.59 Å². The SMILES string of the molecule is CC(C)(CN)CN(Cc1cc(NC(=O)c2ccc(C(C)(C)C)cc2)ccc1Cl)C(=O)C1CC1. The number of carbonyl (C=O) groups excluding carboxylic acids is 2. The second kappa shape index (κ2) is 9.86. The minimum Gasteiger partial charge on any atom is -0.337 e. The Bertz CT molecular complexity index is 1010. The molecule has 0 aromatic heterocycles. The molecule has 5 nitrogen and oxygen atoms in total. The van der Waals surface area contributed by atoms with Gasteiger partial charge in [-0.1, -0.05) is 58.4 Å². The molecule has 1 aliphatic carbocycles. The molecule has 0 radical (unpaired) electrons. The van der Waals surface area contributed by atoms with E-state index in [1.807, 2.05) is 35.2 Å². The van der Waals surface area contributed by atoms with Gasteiger partial charge in [-0.2, -0.15) is 0 Å². The number of anilines is 1. The number of nitrogens with two attached hydrogens (primary N) is 1. The van der Waals surface area contributed by atoms with Gasteiger partial charge in [-0.15, -0.1) is 0 Å². The van der Waals surface area contributed by atoms with Crippen LogP contribution >= 0.6 is 11.6 Å². The van der Waals surface area contributed by atoms with Gasteiger partial charge in [0, 0.05) is 35.3 Å². The van der Waals surface area contributed by atoms with Crippen LogP contribution < -0.4 is 11.1 Å². The molecule has 1 saturated carbocycles. The molecule has 3 N–H and O–H groups in total. The number of nitrogens with one attached hydrogen (secondary N) is 1. The summed E-state index contributed by atoms with van der Waals surface area (Å²) in [6, 6.07) is 13.1. The third-order valence-electron chi connectivity index (χ3n) is 6.09. The van der Waals surface area contributed by atoms with Crippen LogP contribution in [0.3, 0.4) is 0 Å². The first kappa shape index (κ1) is 25.3. The number of halogens is 1. The maximum absolute atomic E-state index is 12.9. The predicted molar refractivity (Wildman–Crippen MR) is 136 cm³/mol. The number of amides is 2. The van der Waals surface area contributed by atoms with Gasteiger partial charge >= 0.3 is 0 Å². The van der Waals surface area contributed by atoms with Gasteiger partial charge in [-0.3, -0.25) is 9.59 Å². The van der Waals surface area contributed by atoms with E-state index in [2.05, 4.69) is 39.9 Å². The van der Waals surface area contributed by atoms with Crippen LogP contribution in [0.15, 0.2) is 42.5 Å². The number of rotatable bonds is 8. The average Bonchev–Trinajstić information content (AvgIpc) is 3.60. The molecule has 178 valence electrons. The Labute approximate surface area is 202 Å². The molecule has 3 rings (SSSR count). The molecule has 0 atom stereocenters. The second-order valence-electron chi connectivity index (χ2n) is 10.9. The molecule has 0 saturated heterocycles. The lowest BCUT2D eigenvalue weighted by molar-refractivity contribution is -0.134. The molecule has 33 heavy (non-hydrogen) atoms. The van der Waals surface area contributed by atoms with E-state index in [9.17, 15) is 9.59 Å². The maximum atomic E-state index is 12.9. The first-order valence-electron chi connectivity index (χ1n) is 11.6. The highest BCUT2D eigenvalue weighted by Gasteiger charge is 2.35. The smallest absolute Gasteiger partial charge is 0.255 e. The van der Waals surface area contributed by atoms with Crippen molar-refractivity contribution in [3.05, 3.63) is 64.2 Å². The van der Waals surface area contributed by atoms with Crippen molar-refractivity contribution in [1.82, 2.24) is 4.90 Å². The molecule has 1 aliphatic rings. The van der Waals surface area contributed by atoms with E-state index in [1.54, 1.807) is 12.1 Å². The van der Waals surface area contributed by atoms with Crippen LogP contribution in [0.2, 0.25) is 5.02 Å². The predicted octanol–water partition coefficient (Wildman–Crippen LogP) is 5.61. The van der Waals surface area contributed by atoms with Crippen molar-refractivity contribution in [2.24, 2.45) is 17.1 Å². The molecule has 1 fully saturated rings. The van der Waals surface area contributed by atoms with E-state index < -0.39 is 0 Å². The van der Waals surface area contributed by atoms with E-state index in [4.69, 9.17) is 17.3 Å². The van der Waals surface area contributed by atoms with E-state index in [0.29, 0.717) is 35.9 Å². The monoisotopic (exact) mass is 469 g/mol. The summed E-state index contributed by atoms with van der Waals surface area (Å²) in [6.07, 6.45) is 1.88. The topological polar surface area (TPSA) is 75.4 Å². The Morgan fingerprint density at radius 3 is 2.24 bits per heavy atom. The quantitative estimate of drug-likeness (QED) is 0.527. The summed E-state index contributed by atoms with van der Waals surface area (Å²) in [7, 11) is 0. The van der Waals surface area contributed by atoms with Gasteiger partial charge in [-0.05, 0) is 71.7 Å². The molecule has 0 aliphatic heterocycles. The summed E-state index contributed by atoms with van der Waals surface area (Å²) in [4.78, 5) is 27.6. The highest BCUT2D eigenvalue weighted by Crippen LogP contribution is 2.33. The van der Waals surface area contributed by atoms with Crippen LogP contribution in [0.1, 0.15) is 68.9 Å².